The normalized spacial score (nSPS) is 16.1. The van der Waals surface area contributed by atoms with Gasteiger partial charge in [-0.05, 0) is 12.2 Å². The van der Waals surface area contributed by atoms with Gasteiger partial charge in [-0.2, -0.15) is 0 Å². The molecule has 1 aliphatic rings. The molecule has 0 saturated carbocycles. The summed E-state index contributed by atoms with van der Waals surface area (Å²) in [6, 6.07) is 5.98. The lowest BCUT2D eigenvalue weighted by Gasteiger charge is -2.26. The van der Waals surface area contributed by atoms with Crippen LogP contribution >= 0.6 is 23.8 Å². The number of thiocarbonyl (C=S) groups is 1. The SMILES string of the molecule is O=[N+]([O-])c1cccc(/C(Cl)=N/C(=S)N2CCOCC2)c1. The van der Waals surface area contributed by atoms with Crippen LogP contribution in [0.3, 0.4) is 0 Å². The van der Waals surface area contributed by atoms with Crippen molar-refractivity contribution >= 4 is 39.8 Å². The number of aliphatic imine (C=N–C) groups is 1. The van der Waals surface area contributed by atoms with Crippen LogP contribution in [-0.2, 0) is 4.74 Å². The number of non-ortho nitro benzene ring substituents is 1. The average molecular weight is 314 g/mol. The van der Waals surface area contributed by atoms with Crippen LogP contribution in [0.15, 0.2) is 29.3 Å². The summed E-state index contributed by atoms with van der Waals surface area (Å²) in [5, 5.41) is 11.2. The second-order valence-electron chi connectivity index (χ2n) is 4.09. The van der Waals surface area contributed by atoms with Gasteiger partial charge in [-0.25, -0.2) is 4.99 Å². The summed E-state index contributed by atoms with van der Waals surface area (Å²) in [5.41, 5.74) is 0.435. The lowest BCUT2D eigenvalue weighted by Crippen LogP contribution is -2.39. The molecule has 0 amide bonds. The maximum absolute atomic E-state index is 10.7. The molecule has 2 rings (SSSR count). The number of rotatable bonds is 2. The first-order valence-electron chi connectivity index (χ1n) is 5.93. The third-order valence-electron chi connectivity index (χ3n) is 2.77. The average Bonchev–Trinajstić information content (AvgIpc) is 2.48. The van der Waals surface area contributed by atoms with Gasteiger partial charge in [0.25, 0.3) is 5.69 Å². The smallest absolute Gasteiger partial charge is 0.270 e. The van der Waals surface area contributed by atoms with Crippen molar-refractivity contribution in [1.82, 2.24) is 4.90 Å². The molecule has 8 heteroatoms. The molecular formula is C12H12ClN3O3S. The van der Waals surface area contributed by atoms with Crippen molar-refractivity contribution in [3.63, 3.8) is 0 Å². The highest BCUT2D eigenvalue weighted by Gasteiger charge is 2.14. The van der Waals surface area contributed by atoms with E-state index in [1.807, 2.05) is 4.90 Å². The van der Waals surface area contributed by atoms with E-state index in [9.17, 15) is 10.1 Å². The van der Waals surface area contributed by atoms with Gasteiger partial charge < -0.3 is 9.64 Å². The van der Waals surface area contributed by atoms with Crippen LogP contribution < -0.4 is 0 Å². The third kappa shape index (κ3) is 3.72. The van der Waals surface area contributed by atoms with Gasteiger partial charge in [-0.3, -0.25) is 10.1 Å². The Balaban J connectivity index is 2.15. The van der Waals surface area contributed by atoms with Crippen molar-refractivity contribution in [2.75, 3.05) is 26.3 Å². The number of ether oxygens (including phenoxy) is 1. The molecule has 0 aromatic heterocycles. The molecule has 0 atom stereocenters. The minimum Gasteiger partial charge on any atom is -0.378 e. The van der Waals surface area contributed by atoms with Crippen LogP contribution in [0.5, 0.6) is 0 Å². The standard InChI is InChI=1S/C12H12ClN3O3S/c13-11(9-2-1-3-10(8-9)16(17)18)14-12(20)15-4-6-19-7-5-15/h1-3,8H,4-7H2/b14-11-. The summed E-state index contributed by atoms with van der Waals surface area (Å²) in [6.45, 7) is 2.54. The van der Waals surface area contributed by atoms with Crippen LogP contribution in [-0.4, -0.2) is 46.4 Å². The Kier molecular flexibility index (Phi) is 4.99. The predicted octanol–water partition coefficient (Wildman–Crippen LogP) is 2.20. The molecule has 1 aromatic carbocycles. The molecule has 106 valence electrons. The van der Waals surface area contributed by atoms with Crippen molar-refractivity contribution in [3.05, 3.63) is 39.9 Å². The van der Waals surface area contributed by atoms with Crippen molar-refractivity contribution in [2.24, 2.45) is 4.99 Å². The number of hydrogen-bond acceptors (Lipinski definition) is 4. The van der Waals surface area contributed by atoms with Crippen LogP contribution in [0.1, 0.15) is 5.56 Å². The molecule has 0 unspecified atom stereocenters. The van der Waals surface area contributed by atoms with Crippen molar-refractivity contribution in [3.8, 4) is 0 Å². The van der Waals surface area contributed by atoms with E-state index in [4.69, 9.17) is 28.6 Å². The zero-order valence-electron chi connectivity index (χ0n) is 10.5. The Morgan fingerprint density at radius 2 is 2.15 bits per heavy atom. The van der Waals surface area contributed by atoms with Gasteiger partial charge in [0.05, 0.1) is 18.1 Å². The Hall–Kier alpha value is -1.57. The predicted molar refractivity (Wildman–Crippen MR) is 80.5 cm³/mol. The van der Waals surface area contributed by atoms with Crippen molar-refractivity contribution in [1.29, 1.82) is 0 Å². The van der Waals surface area contributed by atoms with E-state index in [1.165, 1.54) is 12.1 Å². The highest BCUT2D eigenvalue weighted by molar-refractivity contribution is 7.80. The van der Waals surface area contributed by atoms with Crippen LogP contribution in [0, 0.1) is 10.1 Å². The second-order valence-corrected chi connectivity index (χ2v) is 4.82. The molecule has 1 heterocycles. The van der Waals surface area contributed by atoms with E-state index in [0.29, 0.717) is 37.0 Å². The number of halogens is 1. The fourth-order valence-electron chi connectivity index (χ4n) is 1.72. The first-order chi connectivity index (χ1) is 9.58. The quantitative estimate of drug-likeness (QED) is 0.362. The molecule has 1 fully saturated rings. The summed E-state index contributed by atoms with van der Waals surface area (Å²) in [5.74, 6) is 0. The maximum Gasteiger partial charge on any atom is 0.270 e. The third-order valence-corrected chi connectivity index (χ3v) is 3.42. The first kappa shape index (κ1) is 14.8. The number of nitro groups is 1. The molecule has 20 heavy (non-hydrogen) atoms. The first-order valence-corrected chi connectivity index (χ1v) is 6.72. The van der Waals surface area contributed by atoms with E-state index in [1.54, 1.807) is 12.1 Å². The molecule has 0 spiro atoms. The monoisotopic (exact) mass is 313 g/mol. The lowest BCUT2D eigenvalue weighted by molar-refractivity contribution is -0.384. The minimum atomic E-state index is -0.478. The van der Waals surface area contributed by atoms with Gasteiger partial charge in [0.1, 0.15) is 5.17 Å². The minimum absolute atomic E-state index is 0.0341. The Bertz CT molecular complexity index is 559. The van der Waals surface area contributed by atoms with Gasteiger partial charge in [0.2, 0.25) is 0 Å². The number of hydrogen-bond donors (Lipinski definition) is 0. The zero-order valence-corrected chi connectivity index (χ0v) is 12.1. The number of nitrogens with zero attached hydrogens (tertiary/aromatic N) is 3. The molecule has 0 bridgehead atoms. The molecule has 1 aliphatic heterocycles. The molecule has 0 radical (unpaired) electrons. The number of morpholine rings is 1. The van der Waals surface area contributed by atoms with E-state index in [0.717, 1.165) is 0 Å². The van der Waals surface area contributed by atoms with Crippen LogP contribution in [0.4, 0.5) is 5.69 Å². The summed E-state index contributed by atoms with van der Waals surface area (Å²) in [4.78, 5) is 16.3. The molecule has 1 saturated heterocycles. The second kappa shape index (κ2) is 6.74. The summed E-state index contributed by atoms with van der Waals surface area (Å²) in [6.07, 6.45) is 0. The van der Waals surface area contributed by atoms with Crippen LogP contribution in [0.25, 0.3) is 0 Å². The number of nitro benzene ring substituents is 1. The highest BCUT2D eigenvalue weighted by Crippen LogP contribution is 2.16. The van der Waals surface area contributed by atoms with E-state index in [-0.39, 0.29) is 10.9 Å². The van der Waals surface area contributed by atoms with E-state index in [2.05, 4.69) is 4.99 Å². The number of benzene rings is 1. The van der Waals surface area contributed by atoms with Gasteiger partial charge in [0.15, 0.2) is 5.11 Å². The molecule has 0 aliphatic carbocycles. The highest BCUT2D eigenvalue weighted by atomic mass is 35.5. The maximum atomic E-state index is 10.7. The summed E-state index contributed by atoms with van der Waals surface area (Å²) in [7, 11) is 0. The van der Waals surface area contributed by atoms with Crippen molar-refractivity contribution < 1.29 is 9.66 Å². The Morgan fingerprint density at radius 3 is 2.80 bits per heavy atom. The van der Waals surface area contributed by atoms with Crippen LogP contribution in [0.2, 0.25) is 0 Å². The Morgan fingerprint density at radius 1 is 1.45 bits per heavy atom. The molecule has 6 nitrogen and oxygen atoms in total. The largest absolute Gasteiger partial charge is 0.378 e. The van der Waals surface area contributed by atoms with Crippen molar-refractivity contribution in [2.45, 2.75) is 0 Å². The lowest BCUT2D eigenvalue weighted by atomic mass is 10.2. The fourth-order valence-corrected chi connectivity index (χ4v) is 2.24. The molecule has 1 aromatic rings. The molecule has 0 N–H and O–H groups in total. The van der Waals surface area contributed by atoms with Gasteiger partial charge in [0, 0.05) is 30.8 Å². The van der Waals surface area contributed by atoms with Gasteiger partial charge >= 0.3 is 0 Å². The molecular weight excluding hydrogens is 302 g/mol. The van der Waals surface area contributed by atoms with E-state index < -0.39 is 4.92 Å². The van der Waals surface area contributed by atoms with E-state index >= 15 is 0 Å². The Labute approximate surface area is 126 Å². The summed E-state index contributed by atoms with van der Waals surface area (Å²) >= 11 is 11.3. The zero-order chi connectivity index (χ0) is 14.5. The van der Waals surface area contributed by atoms with Gasteiger partial charge in [-0.1, -0.05) is 23.7 Å². The summed E-state index contributed by atoms with van der Waals surface area (Å²) < 4.78 is 5.22. The van der Waals surface area contributed by atoms with Gasteiger partial charge in [-0.15, -0.1) is 0 Å². The fraction of sp³-hybridized carbons (Fsp3) is 0.333. The topological polar surface area (TPSA) is 68.0 Å².